The summed E-state index contributed by atoms with van der Waals surface area (Å²) in [5.74, 6) is -1.97. The molecule has 0 saturated carbocycles. The molecule has 0 unspecified atom stereocenters. The number of furan rings is 1. The molecule has 0 fully saturated rings. The Hall–Kier alpha value is -4.87. The highest BCUT2D eigenvalue weighted by Crippen LogP contribution is 2.29. The van der Waals surface area contributed by atoms with Gasteiger partial charge in [0.05, 0.1) is 10.6 Å². The lowest BCUT2D eigenvalue weighted by Crippen LogP contribution is -2.41. The van der Waals surface area contributed by atoms with Crippen molar-refractivity contribution in [3.63, 3.8) is 0 Å². The average Bonchev–Trinajstić information content (AvgIpc) is 3.23. The number of hydrazine groups is 1. The normalized spacial score (nSPS) is 13.6. The van der Waals surface area contributed by atoms with Crippen molar-refractivity contribution in [3.8, 4) is 0 Å². The van der Waals surface area contributed by atoms with Crippen LogP contribution in [0.5, 0.6) is 0 Å². The molecule has 1 aromatic heterocycles. The molecule has 0 saturated heterocycles. The number of halogens is 1. The Bertz CT molecular complexity index is 1400. The summed E-state index contributed by atoms with van der Waals surface area (Å²) in [5, 5.41) is 15.1. The van der Waals surface area contributed by atoms with E-state index in [0.717, 1.165) is 18.2 Å². The van der Waals surface area contributed by atoms with E-state index in [0.29, 0.717) is 41.9 Å². The van der Waals surface area contributed by atoms with Crippen LogP contribution in [0, 0.1) is 22.9 Å². The van der Waals surface area contributed by atoms with Gasteiger partial charge in [-0.05, 0) is 50.1 Å². The van der Waals surface area contributed by atoms with E-state index >= 15 is 0 Å². The van der Waals surface area contributed by atoms with Gasteiger partial charge in [0.1, 0.15) is 11.6 Å². The Kier molecular flexibility index (Phi) is 6.86. The number of hydrazone groups is 1. The lowest BCUT2D eigenvalue weighted by molar-refractivity contribution is -0.384. The van der Waals surface area contributed by atoms with E-state index in [2.05, 4.69) is 21.4 Å². The number of hydrogen-bond acceptors (Lipinski definition) is 7. The van der Waals surface area contributed by atoms with Gasteiger partial charge in [-0.2, -0.15) is 5.10 Å². The molecule has 1 heterocycles. The van der Waals surface area contributed by atoms with Crippen LogP contribution in [-0.4, -0.2) is 28.4 Å². The minimum atomic E-state index is -0.697. The Labute approximate surface area is 203 Å². The highest BCUT2D eigenvalue weighted by atomic mass is 19.1. The van der Waals surface area contributed by atoms with Gasteiger partial charge in [0.15, 0.2) is 5.76 Å². The second-order valence-electron chi connectivity index (χ2n) is 7.93. The Morgan fingerprint density at radius 1 is 1.00 bits per heavy atom. The molecule has 11 nitrogen and oxygen atoms in total. The van der Waals surface area contributed by atoms with Crippen LogP contribution in [0.4, 0.5) is 10.1 Å². The number of carbonyl (C=O) groups is 3. The molecule has 0 atom stereocenters. The number of nitro benzene ring substituents is 1. The molecule has 4 rings (SSSR count). The van der Waals surface area contributed by atoms with Crippen LogP contribution in [0.25, 0.3) is 0 Å². The van der Waals surface area contributed by atoms with Gasteiger partial charge >= 0.3 is 5.91 Å². The number of benzene rings is 2. The van der Waals surface area contributed by atoms with Crippen molar-refractivity contribution in [2.24, 2.45) is 5.10 Å². The van der Waals surface area contributed by atoms with E-state index in [1.54, 1.807) is 6.92 Å². The van der Waals surface area contributed by atoms with Crippen molar-refractivity contribution in [2.75, 3.05) is 0 Å². The minimum Gasteiger partial charge on any atom is -0.455 e. The predicted octanol–water partition coefficient (Wildman–Crippen LogP) is 3.18. The molecule has 36 heavy (non-hydrogen) atoms. The first kappa shape index (κ1) is 24.3. The SMILES string of the molecule is Cc1c(C(=O)NNC(=O)c2ccc(F)cc2)oc2c1/C(=N/NC(=O)c1cccc([N+](=O)[O-])c1)CCC2. The molecule has 1 aliphatic carbocycles. The maximum atomic E-state index is 13.0. The molecular weight excluding hydrogens is 473 g/mol. The molecule has 3 N–H and O–H groups in total. The number of carbonyl (C=O) groups excluding carboxylic acids is 3. The summed E-state index contributed by atoms with van der Waals surface area (Å²) in [7, 11) is 0. The van der Waals surface area contributed by atoms with Gasteiger partial charge in [-0.1, -0.05) is 6.07 Å². The van der Waals surface area contributed by atoms with Crippen LogP contribution >= 0.6 is 0 Å². The summed E-state index contributed by atoms with van der Waals surface area (Å²) in [5.41, 5.74) is 8.48. The van der Waals surface area contributed by atoms with E-state index in [-0.39, 0.29) is 22.6 Å². The first-order valence-electron chi connectivity index (χ1n) is 10.8. The number of hydrogen-bond donors (Lipinski definition) is 3. The lowest BCUT2D eigenvalue weighted by Gasteiger charge is -2.13. The standard InChI is InChI=1S/C24H20FN5O6/c1-13-20-18(26-27-23(32)15-4-2-5-17(12-15)30(34)35)6-3-7-19(20)36-21(13)24(33)29-28-22(31)14-8-10-16(25)11-9-14/h2,4-5,8-12H,3,6-7H2,1H3,(H,27,32)(H,28,31)(H,29,33)/b26-18+. The Balaban J connectivity index is 1.48. The van der Waals surface area contributed by atoms with Crippen LogP contribution < -0.4 is 16.3 Å². The maximum absolute atomic E-state index is 13.0. The average molecular weight is 493 g/mol. The van der Waals surface area contributed by atoms with Gasteiger partial charge in [0.25, 0.3) is 17.5 Å². The monoisotopic (exact) mass is 493 g/mol. The molecule has 2 aromatic carbocycles. The van der Waals surface area contributed by atoms with E-state index in [4.69, 9.17) is 4.42 Å². The fourth-order valence-corrected chi connectivity index (χ4v) is 3.78. The van der Waals surface area contributed by atoms with E-state index in [9.17, 15) is 28.9 Å². The van der Waals surface area contributed by atoms with Crippen molar-refractivity contribution in [3.05, 3.63) is 98.2 Å². The Morgan fingerprint density at radius 3 is 2.44 bits per heavy atom. The molecule has 0 radical (unpaired) electrons. The highest BCUT2D eigenvalue weighted by molar-refractivity contribution is 6.07. The third-order valence-corrected chi connectivity index (χ3v) is 5.54. The van der Waals surface area contributed by atoms with Gasteiger partial charge in [-0.3, -0.25) is 35.3 Å². The molecule has 0 bridgehead atoms. The number of non-ortho nitro benzene ring substituents is 1. The summed E-state index contributed by atoms with van der Waals surface area (Å²) in [6, 6.07) is 10.1. The quantitative estimate of drug-likeness (QED) is 0.366. The first-order chi connectivity index (χ1) is 17.2. The molecule has 0 aliphatic heterocycles. The number of amides is 3. The summed E-state index contributed by atoms with van der Waals surface area (Å²) in [4.78, 5) is 47.7. The number of rotatable bonds is 5. The van der Waals surface area contributed by atoms with Gasteiger partial charge in [-0.15, -0.1) is 0 Å². The highest BCUT2D eigenvalue weighted by Gasteiger charge is 2.28. The van der Waals surface area contributed by atoms with E-state index < -0.39 is 28.5 Å². The zero-order valence-electron chi connectivity index (χ0n) is 19.0. The molecule has 184 valence electrons. The summed E-state index contributed by atoms with van der Waals surface area (Å²) >= 11 is 0. The van der Waals surface area contributed by atoms with Crippen molar-refractivity contribution in [1.29, 1.82) is 0 Å². The zero-order valence-corrected chi connectivity index (χ0v) is 19.0. The topological polar surface area (TPSA) is 156 Å². The minimum absolute atomic E-state index is 0.0287. The molecular formula is C24H20FN5O6. The third kappa shape index (κ3) is 5.12. The van der Waals surface area contributed by atoms with Crippen molar-refractivity contribution in [1.82, 2.24) is 16.3 Å². The molecule has 0 spiro atoms. The van der Waals surface area contributed by atoms with Crippen LogP contribution in [0.3, 0.4) is 0 Å². The summed E-state index contributed by atoms with van der Waals surface area (Å²) < 4.78 is 18.8. The zero-order chi connectivity index (χ0) is 25.8. The number of nitro groups is 1. The lowest BCUT2D eigenvalue weighted by atomic mass is 9.93. The Morgan fingerprint density at radius 2 is 1.72 bits per heavy atom. The van der Waals surface area contributed by atoms with Crippen LogP contribution in [0.1, 0.15) is 61.0 Å². The second-order valence-corrected chi connectivity index (χ2v) is 7.93. The van der Waals surface area contributed by atoms with Crippen molar-refractivity contribution in [2.45, 2.75) is 26.2 Å². The van der Waals surface area contributed by atoms with E-state index in [1.807, 2.05) is 0 Å². The van der Waals surface area contributed by atoms with Gasteiger partial charge in [0.2, 0.25) is 0 Å². The van der Waals surface area contributed by atoms with Gasteiger partial charge < -0.3 is 4.42 Å². The fourth-order valence-electron chi connectivity index (χ4n) is 3.78. The van der Waals surface area contributed by atoms with Crippen molar-refractivity contribution < 1.29 is 28.1 Å². The number of aryl methyl sites for hydroxylation is 1. The maximum Gasteiger partial charge on any atom is 0.305 e. The number of fused-ring (bicyclic) bond motifs is 1. The number of nitrogens with zero attached hydrogens (tertiary/aromatic N) is 2. The molecule has 3 amide bonds. The predicted molar refractivity (Wildman–Crippen MR) is 125 cm³/mol. The van der Waals surface area contributed by atoms with Crippen LogP contribution in [0.2, 0.25) is 0 Å². The summed E-state index contributed by atoms with van der Waals surface area (Å²) in [6.45, 7) is 1.66. The molecule has 12 heteroatoms. The van der Waals surface area contributed by atoms with Gasteiger partial charge in [0, 0.05) is 40.8 Å². The largest absolute Gasteiger partial charge is 0.455 e. The van der Waals surface area contributed by atoms with Crippen LogP contribution in [0.15, 0.2) is 58.0 Å². The third-order valence-electron chi connectivity index (χ3n) is 5.54. The number of nitrogens with one attached hydrogen (secondary N) is 3. The van der Waals surface area contributed by atoms with Crippen molar-refractivity contribution >= 4 is 29.1 Å². The summed E-state index contributed by atoms with van der Waals surface area (Å²) in [6.07, 6.45) is 1.71. The van der Waals surface area contributed by atoms with E-state index in [1.165, 1.54) is 30.3 Å². The molecule has 3 aromatic rings. The van der Waals surface area contributed by atoms with Crippen LogP contribution in [-0.2, 0) is 6.42 Å². The fraction of sp³-hybridized carbons (Fsp3) is 0.167. The second kappa shape index (κ2) is 10.2. The smallest absolute Gasteiger partial charge is 0.305 e. The van der Waals surface area contributed by atoms with Gasteiger partial charge in [-0.25, -0.2) is 9.82 Å². The first-order valence-corrected chi connectivity index (χ1v) is 10.8. The molecule has 1 aliphatic rings.